The fourth-order valence-electron chi connectivity index (χ4n) is 1.62. The lowest BCUT2D eigenvalue weighted by molar-refractivity contribution is 0.0600. The van der Waals surface area contributed by atoms with Crippen LogP contribution in [0.4, 0.5) is 0 Å². The van der Waals surface area contributed by atoms with Crippen molar-refractivity contribution >= 4 is 17.7 Å². The third kappa shape index (κ3) is 3.29. The molecule has 0 bridgehead atoms. The summed E-state index contributed by atoms with van der Waals surface area (Å²) in [5.41, 5.74) is 0.515. The maximum Gasteiger partial charge on any atom is 0.337 e. The van der Waals surface area contributed by atoms with Gasteiger partial charge in [0.05, 0.1) is 24.7 Å². The van der Waals surface area contributed by atoms with Gasteiger partial charge in [0.15, 0.2) is 0 Å². The quantitative estimate of drug-likeness (QED) is 0.797. The second kappa shape index (κ2) is 6.29. The van der Waals surface area contributed by atoms with Gasteiger partial charge >= 0.3 is 5.97 Å². The van der Waals surface area contributed by atoms with Crippen molar-refractivity contribution in [2.75, 3.05) is 14.2 Å². The highest BCUT2D eigenvalue weighted by Crippen LogP contribution is 2.35. The summed E-state index contributed by atoms with van der Waals surface area (Å²) in [4.78, 5) is 13.5. The van der Waals surface area contributed by atoms with Gasteiger partial charge in [-0.05, 0) is 30.3 Å². The van der Waals surface area contributed by atoms with Crippen LogP contribution in [0.5, 0.6) is 5.75 Å². The topological polar surface area (TPSA) is 35.5 Å². The molecule has 0 heterocycles. The van der Waals surface area contributed by atoms with E-state index in [0.717, 1.165) is 15.5 Å². The molecule has 0 spiro atoms. The van der Waals surface area contributed by atoms with Crippen molar-refractivity contribution in [3.05, 3.63) is 54.1 Å². The van der Waals surface area contributed by atoms with E-state index in [1.54, 1.807) is 37.1 Å². The molecule has 19 heavy (non-hydrogen) atoms. The minimum absolute atomic E-state index is 0.349. The van der Waals surface area contributed by atoms with E-state index in [1.807, 2.05) is 30.3 Å². The van der Waals surface area contributed by atoms with Crippen LogP contribution in [0.3, 0.4) is 0 Å². The molecule has 0 aliphatic rings. The van der Waals surface area contributed by atoms with E-state index in [-0.39, 0.29) is 5.97 Å². The molecular weight excluding hydrogens is 260 g/mol. The lowest BCUT2D eigenvalue weighted by atomic mass is 10.2. The summed E-state index contributed by atoms with van der Waals surface area (Å²) in [7, 11) is 2.98. The number of methoxy groups -OCH3 is 2. The number of ether oxygens (including phenoxy) is 2. The van der Waals surface area contributed by atoms with Crippen LogP contribution in [-0.4, -0.2) is 20.2 Å². The molecule has 0 saturated heterocycles. The van der Waals surface area contributed by atoms with Crippen LogP contribution < -0.4 is 4.74 Å². The molecule has 2 rings (SSSR count). The number of benzene rings is 2. The molecular formula is C15H14O3S. The molecule has 0 amide bonds. The first-order chi connectivity index (χ1) is 9.24. The zero-order valence-electron chi connectivity index (χ0n) is 10.8. The summed E-state index contributed by atoms with van der Waals surface area (Å²) < 4.78 is 10.0. The van der Waals surface area contributed by atoms with Crippen LogP contribution in [-0.2, 0) is 4.74 Å². The average molecular weight is 274 g/mol. The van der Waals surface area contributed by atoms with Crippen LogP contribution >= 0.6 is 11.8 Å². The van der Waals surface area contributed by atoms with Crippen molar-refractivity contribution in [2.45, 2.75) is 9.79 Å². The second-order valence-electron chi connectivity index (χ2n) is 3.77. The third-order valence-electron chi connectivity index (χ3n) is 2.56. The minimum Gasteiger partial charge on any atom is -0.496 e. The van der Waals surface area contributed by atoms with E-state index in [4.69, 9.17) is 9.47 Å². The van der Waals surface area contributed by atoms with Gasteiger partial charge in [0.1, 0.15) is 5.75 Å². The summed E-state index contributed by atoms with van der Waals surface area (Å²) >= 11 is 1.55. The molecule has 0 aliphatic heterocycles. The molecule has 3 nitrogen and oxygen atoms in total. The normalized spacial score (nSPS) is 10.0. The maximum atomic E-state index is 11.5. The van der Waals surface area contributed by atoms with Gasteiger partial charge in [-0.15, -0.1) is 0 Å². The number of esters is 1. The third-order valence-corrected chi connectivity index (χ3v) is 3.60. The predicted molar refractivity (Wildman–Crippen MR) is 74.9 cm³/mol. The Hall–Kier alpha value is -1.94. The Kier molecular flexibility index (Phi) is 4.47. The van der Waals surface area contributed by atoms with Gasteiger partial charge in [0.25, 0.3) is 0 Å². The van der Waals surface area contributed by atoms with Crippen LogP contribution in [0.1, 0.15) is 10.4 Å². The number of carbonyl (C=O) groups excluding carboxylic acids is 1. The minimum atomic E-state index is -0.349. The van der Waals surface area contributed by atoms with E-state index in [2.05, 4.69) is 0 Å². The fourth-order valence-corrected chi connectivity index (χ4v) is 2.60. The van der Waals surface area contributed by atoms with Crippen LogP contribution in [0.15, 0.2) is 58.3 Å². The van der Waals surface area contributed by atoms with Crippen molar-refractivity contribution in [3.8, 4) is 5.75 Å². The molecule has 0 radical (unpaired) electrons. The predicted octanol–water partition coefficient (Wildman–Crippen LogP) is 3.63. The lowest BCUT2D eigenvalue weighted by Gasteiger charge is -2.09. The monoisotopic (exact) mass is 274 g/mol. The van der Waals surface area contributed by atoms with Gasteiger partial charge in [-0.2, -0.15) is 0 Å². The first kappa shape index (κ1) is 13.5. The summed E-state index contributed by atoms with van der Waals surface area (Å²) in [6.07, 6.45) is 0. The Labute approximate surface area is 116 Å². The van der Waals surface area contributed by atoms with Gasteiger partial charge in [-0.25, -0.2) is 4.79 Å². The molecule has 4 heteroatoms. The van der Waals surface area contributed by atoms with Crippen molar-refractivity contribution in [3.63, 3.8) is 0 Å². The molecule has 0 aliphatic carbocycles. The Morgan fingerprint density at radius 1 is 1.05 bits per heavy atom. The molecule has 0 atom stereocenters. The Morgan fingerprint density at radius 3 is 2.42 bits per heavy atom. The molecule has 2 aromatic rings. The standard InChI is InChI=1S/C15H14O3S/c1-17-13-9-8-11(15(16)18-2)10-14(13)19-12-6-4-3-5-7-12/h3-10H,1-2H3. The van der Waals surface area contributed by atoms with Crippen molar-refractivity contribution in [1.82, 2.24) is 0 Å². The molecule has 98 valence electrons. The van der Waals surface area contributed by atoms with E-state index >= 15 is 0 Å². The van der Waals surface area contributed by atoms with Gasteiger partial charge < -0.3 is 9.47 Å². The Bertz CT molecular complexity index is 567. The molecule has 0 fully saturated rings. The van der Waals surface area contributed by atoms with Crippen molar-refractivity contribution in [1.29, 1.82) is 0 Å². The molecule has 0 N–H and O–H groups in total. The fraction of sp³-hybridized carbons (Fsp3) is 0.133. The largest absolute Gasteiger partial charge is 0.496 e. The number of rotatable bonds is 4. The number of hydrogen-bond acceptors (Lipinski definition) is 4. The van der Waals surface area contributed by atoms with Crippen LogP contribution in [0.2, 0.25) is 0 Å². The van der Waals surface area contributed by atoms with Gasteiger partial charge in [0, 0.05) is 4.90 Å². The number of hydrogen-bond donors (Lipinski definition) is 0. The highest BCUT2D eigenvalue weighted by Gasteiger charge is 2.11. The van der Waals surface area contributed by atoms with Crippen LogP contribution in [0.25, 0.3) is 0 Å². The van der Waals surface area contributed by atoms with Crippen molar-refractivity contribution in [2.24, 2.45) is 0 Å². The van der Waals surface area contributed by atoms with E-state index < -0.39 is 0 Å². The summed E-state index contributed by atoms with van der Waals surface area (Å²) in [5.74, 6) is 0.388. The summed E-state index contributed by atoms with van der Waals surface area (Å²) in [5, 5.41) is 0. The molecule has 2 aromatic carbocycles. The number of carbonyl (C=O) groups is 1. The Morgan fingerprint density at radius 2 is 1.79 bits per heavy atom. The average Bonchev–Trinajstić information content (AvgIpc) is 2.47. The van der Waals surface area contributed by atoms with Crippen LogP contribution in [0, 0.1) is 0 Å². The second-order valence-corrected chi connectivity index (χ2v) is 4.89. The van der Waals surface area contributed by atoms with Crippen molar-refractivity contribution < 1.29 is 14.3 Å². The Balaban J connectivity index is 2.34. The highest BCUT2D eigenvalue weighted by atomic mass is 32.2. The zero-order valence-corrected chi connectivity index (χ0v) is 11.6. The maximum absolute atomic E-state index is 11.5. The lowest BCUT2D eigenvalue weighted by Crippen LogP contribution is -2.01. The van der Waals surface area contributed by atoms with E-state index in [1.165, 1.54) is 7.11 Å². The molecule has 0 unspecified atom stereocenters. The van der Waals surface area contributed by atoms with Gasteiger partial charge in [0.2, 0.25) is 0 Å². The summed E-state index contributed by atoms with van der Waals surface area (Å²) in [6, 6.07) is 15.2. The highest BCUT2D eigenvalue weighted by molar-refractivity contribution is 7.99. The first-order valence-corrected chi connectivity index (χ1v) is 6.55. The smallest absolute Gasteiger partial charge is 0.337 e. The zero-order chi connectivity index (χ0) is 13.7. The summed E-state index contributed by atoms with van der Waals surface area (Å²) in [6.45, 7) is 0. The molecule has 0 saturated carbocycles. The van der Waals surface area contributed by atoms with E-state index in [0.29, 0.717) is 5.56 Å². The van der Waals surface area contributed by atoms with Gasteiger partial charge in [-0.3, -0.25) is 0 Å². The SMILES string of the molecule is COC(=O)c1ccc(OC)c(Sc2ccccc2)c1. The van der Waals surface area contributed by atoms with E-state index in [9.17, 15) is 4.79 Å². The van der Waals surface area contributed by atoms with Gasteiger partial charge in [-0.1, -0.05) is 30.0 Å². The first-order valence-electron chi connectivity index (χ1n) is 5.74. The molecule has 0 aromatic heterocycles.